The van der Waals surface area contributed by atoms with Crippen LogP contribution in [0, 0.1) is 0 Å². The molecule has 2 rings (SSSR count). The van der Waals surface area contributed by atoms with Crippen LogP contribution in [0.15, 0.2) is 29.0 Å². The highest BCUT2D eigenvalue weighted by molar-refractivity contribution is 7.13. The van der Waals surface area contributed by atoms with Gasteiger partial charge in [0.2, 0.25) is 0 Å². The van der Waals surface area contributed by atoms with Crippen molar-refractivity contribution in [3.05, 3.63) is 40.2 Å². The smallest absolute Gasteiger partial charge is 0.263 e. The molecule has 0 aliphatic heterocycles. The predicted molar refractivity (Wildman–Crippen MR) is 88.2 cm³/mol. The Balaban J connectivity index is 2.03. The first kappa shape index (κ1) is 16.7. The van der Waals surface area contributed by atoms with E-state index in [0.717, 1.165) is 30.3 Å². The number of carbonyl (C=O) groups is 1. The second-order valence-corrected chi connectivity index (χ2v) is 6.05. The monoisotopic (exact) mass is 321 g/mol. The van der Waals surface area contributed by atoms with Crippen molar-refractivity contribution in [3.8, 4) is 0 Å². The molecule has 0 aromatic carbocycles. The molecule has 0 aliphatic carbocycles. The average Bonchev–Trinajstić information content (AvgIpc) is 3.22. The number of likely N-dealkylation sites (N-methyl/N-ethyl adjacent to an activating group) is 1. The number of carbonyl (C=O) groups excluding carboxylic acids is 1. The number of furan rings is 1. The second-order valence-electron chi connectivity index (χ2n) is 4.93. The summed E-state index contributed by atoms with van der Waals surface area (Å²) in [6.07, 6.45) is 4.18. The van der Waals surface area contributed by atoms with Crippen LogP contribution in [0.3, 0.4) is 0 Å². The molecular weight excluding hydrogens is 298 g/mol. The van der Waals surface area contributed by atoms with E-state index in [4.69, 9.17) is 4.42 Å². The maximum atomic E-state index is 12.3. The third-order valence-corrected chi connectivity index (χ3v) is 4.80. The number of rotatable bonds is 8. The van der Waals surface area contributed by atoms with Gasteiger partial charge in [-0.15, -0.1) is 11.3 Å². The van der Waals surface area contributed by atoms with Crippen molar-refractivity contribution in [1.29, 1.82) is 0 Å². The van der Waals surface area contributed by atoms with Crippen LogP contribution in [0.4, 0.5) is 0 Å². The Morgan fingerprint density at radius 3 is 2.73 bits per heavy atom. The number of amides is 1. The number of nitrogens with one attached hydrogen (secondary N) is 1. The van der Waals surface area contributed by atoms with Crippen molar-refractivity contribution in [2.75, 3.05) is 19.6 Å². The first-order chi connectivity index (χ1) is 10.7. The molecule has 1 amide bonds. The van der Waals surface area contributed by atoms with Gasteiger partial charge in [0.15, 0.2) is 0 Å². The molecule has 120 valence electrons. The van der Waals surface area contributed by atoms with Crippen LogP contribution in [-0.2, 0) is 6.42 Å². The highest BCUT2D eigenvalue weighted by Gasteiger charge is 2.22. The van der Waals surface area contributed by atoms with Crippen molar-refractivity contribution in [2.45, 2.75) is 33.2 Å². The van der Waals surface area contributed by atoms with Gasteiger partial charge in [0, 0.05) is 6.54 Å². The topological polar surface area (TPSA) is 58.4 Å². The van der Waals surface area contributed by atoms with E-state index in [2.05, 4.69) is 29.0 Å². The van der Waals surface area contributed by atoms with E-state index in [9.17, 15) is 4.79 Å². The van der Waals surface area contributed by atoms with Gasteiger partial charge < -0.3 is 9.73 Å². The van der Waals surface area contributed by atoms with Crippen LogP contribution in [-0.4, -0.2) is 35.4 Å². The number of hydrogen-bond donors (Lipinski definition) is 1. The highest BCUT2D eigenvalue weighted by atomic mass is 32.1. The zero-order valence-corrected chi connectivity index (χ0v) is 14.2. The lowest BCUT2D eigenvalue weighted by Gasteiger charge is -2.28. The van der Waals surface area contributed by atoms with E-state index in [0.29, 0.717) is 11.4 Å². The molecule has 1 N–H and O–H groups in total. The normalized spacial score (nSPS) is 12.5. The molecule has 1 unspecified atom stereocenters. The summed E-state index contributed by atoms with van der Waals surface area (Å²) < 4.78 is 5.54. The number of aryl methyl sites for hydroxylation is 1. The molecule has 6 heteroatoms. The number of thiazole rings is 1. The molecular formula is C16H23N3O2S. The van der Waals surface area contributed by atoms with Gasteiger partial charge in [-0.3, -0.25) is 9.69 Å². The zero-order chi connectivity index (χ0) is 15.9. The van der Waals surface area contributed by atoms with Gasteiger partial charge in [-0.05, 0) is 31.6 Å². The SMILES string of the molecule is CCc1ncc(C(=O)NCC(c2ccco2)N(CC)CC)s1. The molecule has 2 aromatic heterocycles. The first-order valence-electron chi connectivity index (χ1n) is 7.69. The third kappa shape index (κ3) is 3.96. The Labute approximate surface area is 135 Å². The standard InChI is InChI=1S/C16H23N3O2S/c1-4-15-17-11-14(22-15)16(20)18-10-12(19(5-2)6-3)13-8-7-9-21-13/h7-9,11-12H,4-6,10H2,1-3H3,(H,18,20). The third-order valence-electron chi connectivity index (χ3n) is 3.66. The Morgan fingerprint density at radius 1 is 1.41 bits per heavy atom. The molecule has 1 atom stereocenters. The van der Waals surface area contributed by atoms with Crippen molar-refractivity contribution < 1.29 is 9.21 Å². The lowest BCUT2D eigenvalue weighted by Crippen LogP contribution is -2.37. The maximum absolute atomic E-state index is 12.3. The van der Waals surface area contributed by atoms with Crippen molar-refractivity contribution >= 4 is 17.2 Å². The molecule has 0 saturated carbocycles. The Kier molecular flexibility index (Phi) is 6.15. The molecule has 0 spiro atoms. The molecule has 2 aromatic rings. The molecule has 0 fully saturated rings. The van der Waals surface area contributed by atoms with Gasteiger partial charge in [0.05, 0.1) is 23.5 Å². The summed E-state index contributed by atoms with van der Waals surface area (Å²) in [5, 5.41) is 3.99. The van der Waals surface area contributed by atoms with Crippen molar-refractivity contribution in [1.82, 2.24) is 15.2 Å². The number of hydrogen-bond acceptors (Lipinski definition) is 5. The van der Waals surface area contributed by atoms with Gasteiger partial charge in [0.1, 0.15) is 10.6 Å². The summed E-state index contributed by atoms with van der Waals surface area (Å²) in [5.74, 6) is 0.809. The summed E-state index contributed by atoms with van der Waals surface area (Å²) in [4.78, 5) is 19.4. The van der Waals surface area contributed by atoms with Crippen LogP contribution in [0.5, 0.6) is 0 Å². The minimum Gasteiger partial charge on any atom is -0.468 e. The Hall–Kier alpha value is -1.66. The Bertz CT molecular complexity index is 576. The van der Waals surface area contributed by atoms with Gasteiger partial charge in [0.25, 0.3) is 5.91 Å². The summed E-state index contributed by atoms with van der Waals surface area (Å²) in [7, 11) is 0. The largest absolute Gasteiger partial charge is 0.468 e. The molecule has 0 radical (unpaired) electrons. The highest BCUT2D eigenvalue weighted by Crippen LogP contribution is 2.20. The minimum absolute atomic E-state index is 0.0486. The maximum Gasteiger partial charge on any atom is 0.263 e. The minimum atomic E-state index is -0.0686. The van der Waals surface area contributed by atoms with Gasteiger partial charge in [-0.25, -0.2) is 4.98 Å². The number of aromatic nitrogens is 1. The fourth-order valence-corrected chi connectivity index (χ4v) is 3.18. The summed E-state index contributed by atoms with van der Waals surface area (Å²) in [6, 6.07) is 3.88. The summed E-state index contributed by atoms with van der Waals surface area (Å²) in [5.41, 5.74) is 0. The van der Waals surface area contributed by atoms with Crippen molar-refractivity contribution in [3.63, 3.8) is 0 Å². The van der Waals surface area contributed by atoms with Crippen molar-refractivity contribution in [2.24, 2.45) is 0 Å². The molecule has 2 heterocycles. The van der Waals surface area contributed by atoms with Gasteiger partial charge in [-0.1, -0.05) is 20.8 Å². The fraction of sp³-hybridized carbons (Fsp3) is 0.500. The Morgan fingerprint density at radius 2 is 2.18 bits per heavy atom. The van der Waals surface area contributed by atoms with Crippen LogP contribution in [0.1, 0.15) is 47.3 Å². The van der Waals surface area contributed by atoms with E-state index in [1.54, 1.807) is 12.5 Å². The molecule has 0 saturated heterocycles. The molecule has 0 aliphatic rings. The predicted octanol–water partition coefficient (Wildman–Crippen LogP) is 3.11. The van der Waals surface area contributed by atoms with Crippen LogP contribution in [0.25, 0.3) is 0 Å². The summed E-state index contributed by atoms with van der Waals surface area (Å²) in [6.45, 7) is 8.58. The summed E-state index contributed by atoms with van der Waals surface area (Å²) >= 11 is 1.45. The van der Waals surface area contributed by atoms with Crippen LogP contribution >= 0.6 is 11.3 Å². The molecule has 5 nitrogen and oxygen atoms in total. The quantitative estimate of drug-likeness (QED) is 0.811. The van der Waals surface area contributed by atoms with E-state index >= 15 is 0 Å². The molecule has 0 bridgehead atoms. The van der Waals surface area contributed by atoms with Crippen LogP contribution in [0.2, 0.25) is 0 Å². The lowest BCUT2D eigenvalue weighted by molar-refractivity contribution is 0.0933. The van der Waals surface area contributed by atoms with E-state index in [1.165, 1.54) is 11.3 Å². The van der Waals surface area contributed by atoms with E-state index in [1.807, 2.05) is 19.1 Å². The zero-order valence-electron chi connectivity index (χ0n) is 13.3. The van der Waals surface area contributed by atoms with Crippen LogP contribution < -0.4 is 5.32 Å². The van der Waals surface area contributed by atoms with Gasteiger partial charge >= 0.3 is 0 Å². The lowest BCUT2D eigenvalue weighted by atomic mass is 10.2. The average molecular weight is 321 g/mol. The number of nitrogens with zero attached hydrogens (tertiary/aromatic N) is 2. The fourth-order valence-electron chi connectivity index (χ4n) is 2.41. The van der Waals surface area contributed by atoms with Gasteiger partial charge in [-0.2, -0.15) is 0 Å². The molecule has 22 heavy (non-hydrogen) atoms. The first-order valence-corrected chi connectivity index (χ1v) is 8.51. The van der Waals surface area contributed by atoms with E-state index < -0.39 is 0 Å². The van der Waals surface area contributed by atoms with E-state index in [-0.39, 0.29) is 11.9 Å². The second kappa shape index (κ2) is 8.10.